The highest BCUT2D eigenvalue weighted by Crippen LogP contribution is 2.27. The molecule has 0 aliphatic heterocycles. The zero-order valence-corrected chi connectivity index (χ0v) is 14.2. The van der Waals surface area contributed by atoms with E-state index in [0.29, 0.717) is 6.04 Å². The van der Waals surface area contributed by atoms with Crippen LogP contribution in [0.25, 0.3) is 0 Å². The van der Waals surface area contributed by atoms with E-state index in [9.17, 15) is 0 Å². The maximum atomic E-state index is 6.43. The summed E-state index contributed by atoms with van der Waals surface area (Å²) in [5.41, 5.74) is 2.34. The minimum atomic E-state index is 0.295. The molecular weight excluding hydrogens is 270 g/mol. The first-order valence-electron chi connectivity index (χ1n) is 7.34. The lowest BCUT2D eigenvalue weighted by Gasteiger charge is -2.23. The fourth-order valence-electron chi connectivity index (χ4n) is 2.05. The average Bonchev–Trinajstić information content (AvgIpc) is 2.41. The molecule has 114 valence electrons. The van der Waals surface area contributed by atoms with E-state index in [4.69, 9.17) is 11.6 Å². The molecular formula is C16H28ClN3. The molecule has 0 aromatic heterocycles. The second-order valence-corrected chi connectivity index (χ2v) is 6.01. The number of hydrogen-bond donors (Lipinski definition) is 1. The third-order valence-electron chi connectivity index (χ3n) is 3.47. The molecule has 1 aromatic rings. The molecule has 0 aliphatic carbocycles. The normalized spacial score (nSPS) is 12.8. The summed E-state index contributed by atoms with van der Waals surface area (Å²) in [6.45, 7) is 7.37. The van der Waals surface area contributed by atoms with Crippen LogP contribution in [0.5, 0.6) is 0 Å². The lowest BCUT2D eigenvalue weighted by atomic mass is 10.1. The van der Waals surface area contributed by atoms with Crippen molar-refractivity contribution in [3.05, 3.63) is 28.8 Å². The summed E-state index contributed by atoms with van der Waals surface area (Å²) in [5, 5.41) is 4.32. The first-order valence-corrected chi connectivity index (χ1v) is 7.72. The Morgan fingerprint density at radius 3 is 2.45 bits per heavy atom. The van der Waals surface area contributed by atoms with E-state index in [1.807, 2.05) is 0 Å². The molecule has 0 fully saturated rings. The van der Waals surface area contributed by atoms with E-state index in [0.717, 1.165) is 31.1 Å². The van der Waals surface area contributed by atoms with Crippen molar-refractivity contribution >= 4 is 17.3 Å². The van der Waals surface area contributed by atoms with Crippen molar-refractivity contribution in [1.82, 2.24) is 10.2 Å². The summed E-state index contributed by atoms with van der Waals surface area (Å²) in [4.78, 5) is 4.42. The largest absolute Gasteiger partial charge is 0.373 e. The van der Waals surface area contributed by atoms with Crippen LogP contribution in [-0.2, 0) is 0 Å². The standard InChI is InChI=1S/C16H28ClN3/c1-6-9-18-13(2)15-8-7-14(12-16(15)17)20(5)11-10-19(3)4/h7-8,12-13,18H,6,9-11H2,1-5H3. The SMILES string of the molecule is CCCNC(C)c1ccc(N(C)CCN(C)C)cc1Cl. The molecule has 20 heavy (non-hydrogen) atoms. The first kappa shape index (κ1) is 17.3. The van der Waals surface area contributed by atoms with Crippen LogP contribution in [0.2, 0.25) is 5.02 Å². The molecule has 0 bridgehead atoms. The summed E-state index contributed by atoms with van der Waals surface area (Å²) >= 11 is 6.43. The van der Waals surface area contributed by atoms with Crippen LogP contribution in [0.15, 0.2) is 18.2 Å². The smallest absolute Gasteiger partial charge is 0.0474 e. The van der Waals surface area contributed by atoms with Gasteiger partial charge in [-0.25, -0.2) is 0 Å². The van der Waals surface area contributed by atoms with E-state index in [1.165, 1.54) is 11.3 Å². The predicted octanol–water partition coefficient (Wildman–Crippen LogP) is 3.40. The van der Waals surface area contributed by atoms with Gasteiger partial charge in [-0.3, -0.25) is 0 Å². The quantitative estimate of drug-likeness (QED) is 0.793. The van der Waals surface area contributed by atoms with Crippen LogP contribution < -0.4 is 10.2 Å². The molecule has 0 amide bonds. The Labute approximate surface area is 128 Å². The van der Waals surface area contributed by atoms with Gasteiger partial charge in [-0.2, -0.15) is 0 Å². The van der Waals surface area contributed by atoms with Gasteiger partial charge in [-0.1, -0.05) is 24.6 Å². The highest BCUT2D eigenvalue weighted by molar-refractivity contribution is 6.31. The van der Waals surface area contributed by atoms with E-state index in [2.05, 4.69) is 68.3 Å². The summed E-state index contributed by atoms with van der Waals surface area (Å²) < 4.78 is 0. The van der Waals surface area contributed by atoms with Crippen LogP contribution in [0.1, 0.15) is 31.9 Å². The average molecular weight is 298 g/mol. The van der Waals surface area contributed by atoms with E-state index >= 15 is 0 Å². The highest BCUT2D eigenvalue weighted by Gasteiger charge is 2.11. The number of anilines is 1. The summed E-state index contributed by atoms with van der Waals surface area (Å²) in [5.74, 6) is 0. The van der Waals surface area contributed by atoms with Gasteiger partial charge >= 0.3 is 0 Å². The molecule has 1 aromatic carbocycles. The molecule has 4 heteroatoms. The highest BCUT2D eigenvalue weighted by atomic mass is 35.5. The molecule has 1 rings (SSSR count). The fourth-order valence-corrected chi connectivity index (χ4v) is 2.39. The molecule has 3 nitrogen and oxygen atoms in total. The van der Waals surface area contributed by atoms with Crippen molar-refractivity contribution in [2.24, 2.45) is 0 Å². The van der Waals surface area contributed by atoms with E-state index < -0.39 is 0 Å². The Kier molecular flexibility index (Phi) is 7.35. The molecule has 0 spiro atoms. The maximum absolute atomic E-state index is 6.43. The molecule has 1 unspecified atom stereocenters. The van der Waals surface area contributed by atoms with Gasteiger partial charge in [0.05, 0.1) is 0 Å². The number of hydrogen-bond acceptors (Lipinski definition) is 3. The van der Waals surface area contributed by atoms with Gasteiger partial charge in [-0.15, -0.1) is 0 Å². The van der Waals surface area contributed by atoms with Gasteiger partial charge in [0.2, 0.25) is 0 Å². The molecule has 1 N–H and O–H groups in total. The van der Waals surface area contributed by atoms with Gasteiger partial charge < -0.3 is 15.1 Å². The van der Waals surface area contributed by atoms with Gasteiger partial charge in [0, 0.05) is 36.9 Å². The molecule has 1 atom stereocenters. The second-order valence-electron chi connectivity index (χ2n) is 5.61. The fraction of sp³-hybridized carbons (Fsp3) is 0.625. The Morgan fingerprint density at radius 2 is 1.90 bits per heavy atom. The predicted molar refractivity (Wildman–Crippen MR) is 90.0 cm³/mol. The lowest BCUT2D eigenvalue weighted by molar-refractivity contribution is 0.416. The topological polar surface area (TPSA) is 18.5 Å². The molecule has 0 radical (unpaired) electrons. The summed E-state index contributed by atoms with van der Waals surface area (Å²) in [7, 11) is 6.28. The third kappa shape index (κ3) is 5.31. The van der Waals surface area contributed by atoms with Crippen LogP contribution >= 0.6 is 11.6 Å². The van der Waals surface area contributed by atoms with Crippen molar-refractivity contribution < 1.29 is 0 Å². The molecule has 0 saturated heterocycles. The van der Waals surface area contributed by atoms with Crippen molar-refractivity contribution in [3.63, 3.8) is 0 Å². The van der Waals surface area contributed by atoms with Gasteiger partial charge in [0.15, 0.2) is 0 Å². The zero-order chi connectivity index (χ0) is 15.1. The van der Waals surface area contributed by atoms with Crippen molar-refractivity contribution in [3.8, 4) is 0 Å². The van der Waals surface area contributed by atoms with E-state index in [-0.39, 0.29) is 0 Å². The molecule has 0 heterocycles. The van der Waals surface area contributed by atoms with Crippen molar-refractivity contribution in [1.29, 1.82) is 0 Å². The number of nitrogens with zero attached hydrogens (tertiary/aromatic N) is 2. The van der Waals surface area contributed by atoms with Crippen molar-refractivity contribution in [2.45, 2.75) is 26.3 Å². The van der Waals surface area contributed by atoms with Crippen LogP contribution in [0.4, 0.5) is 5.69 Å². The maximum Gasteiger partial charge on any atom is 0.0474 e. The van der Waals surface area contributed by atoms with Gasteiger partial charge in [0.25, 0.3) is 0 Å². The number of nitrogens with one attached hydrogen (secondary N) is 1. The molecule has 0 aliphatic rings. The summed E-state index contributed by atoms with van der Waals surface area (Å²) in [6, 6.07) is 6.65. The Hall–Kier alpha value is -0.770. The lowest BCUT2D eigenvalue weighted by Crippen LogP contribution is -2.28. The number of likely N-dealkylation sites (N-methyl/N-ethyl adjacent to an activating group) is 2. The van der Waals surface area contributed by atoms with Crippen LogP contribution in [0.3, 0.4) is 0 Å². The minimum Gasteiger partial charge on any atom is -0.373 e. The van der Waals surface area contributed by atoms with Crippen molar-refractivity contribution in [2.75, 3.05) is 45.7 Å². The third-order valence-corrected chi connectivity index (χ3v) is 3.80. The monoisotopic (exact) mass is 297 g/mol. The van der Waals surface area contributed by atoms with Crippen LogP contribution in [-0.4, -0.2) is 45.7 Å². The second kappa shape index (κ2) is 8.50. The Bertz CT molecular complexity index is 407. The Balaban J connectivity index is 2.71. The molecule has 0 saturated carbocycles. The number of benzene rings is 1. The van der Waals surface area contributed by atoms with E-state index in [1.54, 1.807) is 0 Å². The summed E-state index contributed by atoms with van der Waals surface area (Å²) in [6.07, 6.45) is 1.13. The zero-order valence-electron chi connectivity index (χ0n) is 13.4. The Morgan fingerprint density at radius 1 is 1.20 bits per heavy atom. The van der Waals surface area contributed by atoms with Gasteiger partial charge in [-0.05, 0) is 51.7 Å². The number of rotatable bonds is 8. The van der Waals surface area contributed by atoms with Gasteiger partial charge in [0.1, 0.15) is 0 Å². The first-order chi connectivity index (χ1) is 9.45. The minimum absolute atomic E-state index is 0.295. The van der Waals surface area contributed by atoms with Crippen LogP contribution in [0, 0.1) is 0 Å². The number of halogens is 1.